The van der Waals surface area contributed by atoms with E-state index in [1.54, 1.807) is 24.3 Å². The van der Waals surface area contributed by atoms with Gasteiger partial charge in [0.05, 0.1) is 11.9 Å². The summed E-state index contributed by atoms with van der Waals surface area (Å²) < 4.78 is 32.3. The molecule has 0 aliphatic heterocycles. The number of aromatic nitrogens is 3. The number of imidazole rings is 1. The zero-order chi connectivity index (χ0) is 16.2. The molecule has 23 heavy (non-hydrogen) atoms. The summed E-state index contributed by atoms with van der Waals surface area (Å²) in [4.78, 5) is 10.8. The quantitative estimate of drug-likeness (QED) is 0.751. The van der Waals surface area contributed by atoms with Gasteiger partial charge < -0.3 is 9.72 Å². The molecule has 0 aliphatic carbocycles. The molecule has 0 radical (unpaired) electrons. The van der Waals surface area contributed by atoms with Gasteiger partial charge in [0.25, 0.3) is 0 Å². The molecule has 3 rings (SSSR count). The van der Waals surface area contributed by atoms with Gasteiger partial charge in [-0.2, -0.15) is 0 Å². The van der Waals surface area contributed by atoms with Crippen molar-refractivity contribution in [3.8, 4) is 40.9 Å². The van der Waals surface area contributed by atoms with Crippen LogP contribution in [0.15, 0.2) is 42.7 Å². The summed E-state index contributed by atoms with van der Waals surface area (Å²) in [6.45, 7) is 0.193. The predicted octanol–water partition coefficient (Wildman–Crippen LogP) is 3.43. The molecule has 0 unspecified atom stereocenters. The fraction of sp³-hybridized carbons (Fsp3) is 0.0588. The minimum absolute atomic E-state index is 0.157. The highest BCUT2D eigenvalue weighted by Crippen LogP contribution is 2.25. The van der Waals surface area contributed by atoms with Crippen LogP contribution in [0.5, 0.6) is 5.75 Å². The summed E-state index contributed by atoms with van der Waals surface area (Å²) in [6, 6.07) is 8.08. The second kappa shape index (κ2) is 6.28. The fourth-order valence-electron chi connectivity index (χ4n) is 2.03. The SMILES string of the molecule is C#CCOc1ccc(-c2cnc(-c3nccc(F)c3F)[nH]2)cc1. The van der Waals surface area contributed by atoms with Crippen molar-refractivity contribution in [2.45, 2.75) is 0 Å². The molecule has 0 amide bonds. The summed E-state index contributed by atoms with van der Waals surface area (Å²) in [5.74, 6) is 1.18. The summed E-state index contributed by atoms with van der Waals surface area (Å²) in [6.07, 6.45) is 7.84. The predicted molar refractivity (Wildman–Crippen MR) is 81.5 cm³/mol. The van der Waals surface area contributed by atoms with Gasteiger partial charge in [-0.3, -0.25) is 0 Å². The normalized spacial score (nSPS) is 10.3. The third-order valence-electron chi connectivity index (χ3n) is 3.13. The average Bonchev–Trinajstić information content (AvgIpc) is 3.06. The van der Waals surface area contributed by atoms with Gasteiger partial charge in [0.2, 0.25) is 0 Å². The lowest BCUT2D eigenvalue weighted by atomic mass is 10.2. The second-order valence-corrected chi connectivity index (χ2v) is 4.62. The summed E-state index contributed by atoms with van der Waals surface area (Å²) >= 11 is 0. The van der Waals surface area contributed by atoms with Crippen LogP contribution in [0.4, 0.5) is 8.78 Å². The molecule has 0 fully saturated rings. The highest BCUT2D eigenvalue weighted by atomic mass is 19.2. The molecule has 1 N–H and O–H groups in total. The highest BCUT2D eigenvalue weighted by molar-refractivity contribution is 5.63. The Bertz CT molecular complexity index is 866. The first-order chi connectivity index (χ1) is 11.2. The first-order valence-electron chi connectivity index (χ1n) is 6.71. The topological polar surface area (TPSA) is 50.8 Å². The zero-order valence-electron chi connectivity index (χ0n) is 11.9. The maximum atomic E-state index is 13.7. The van der Waals surface area contributed by atoms with E-state index in [2.05, 4.69) is 20.9 Å². The van der Waals surface area contributed by atoms with E-state index in [0.29, 0.717) is 11.4 Å². The van der Waals surface area contributed by atoms with Crippen LogP contribution >= 0.6 is 0 Å². The molecular weight excluding hydrogens is 300 g/mol. The van der Waals surface area contributed by atoms with E-state index >= 15 is 0 Å². The third kappa shape index (κ3) is 3.04. The first kappa shape index (κ1) is 14.7. The summed E-state index contributed by atoms with van der Waals surface area (Å²) in [5.41, 5.74) is 1.30. The number of halogens is 2. The van der Waals surface area contributed by atoms with Gasteiger partial charge in [-0.25, -0.2) is 18.7 Å². The number of hydrogen-bond acceptors (Lipinski definition) is 3. The van der Waals surface area contributed by atoms with Gasteiger partial charge in [-0.05, 0) is 35.9 Å². The molecule has 0 atom stereocenters. The number of rotatable bonds is 4. The van der Waals surface area contributed by atoms with Gasteiger partial charge in [0, 0.05) is 6.20 Å². The molecule has 0 spiro atoms. The monoisotopic (exact) mass is 311 g/mol. The van der Waals surface area contributed by atoms with E-state index in [4.69, 9.17) is 11.2 Å². The molecule has 1 aromatic carbocycles. The molecule has 0 aliphatic rings. The van der Waals surface area contributed by atoms with E-state index in [1.807, 2.05) is 0 Å². The third-order valence-corrected chi connectivity index (χ3v) is 3.13. The smallest absolute Gasteiger partial charge is 0.188 e. The van der Waals surface area contributed by atoms with Crippen molar-refractivity contribution in [3.05, 3.63) is 54.4 Å². The Morgan fingerprint density at radius 3 is 2.65 bits per heavy atom. The second-order valence-electron chi connectivity index (χ2n) is 4.62. The van der Waals surface area contributed by atoms with E-state index in [0.717, 1.165) is 11.6 Å². The van der Waals surface area contributed by atoms with Crippen molar-refractivity contribution in [1.82, 2.24) is 15.0 Å². The maximum absolute atomic E-state index is 13.7. The Morgan fingerprint density at radius 2 is 1.91 bits per heavy atom. The fourth-order valence-corrected chi connectivity index (χ4v) is 2.03. The molecular formula is C17H11F2N3O. The molecule has 2 heterocycles. The lowest BCUT2D eigenvalue weighted by Crippen LogP contribution is -1.94. The van der Waals surface area contributed by atoms with E-state index < -0.39 is 11.6 Å². The highest BCUT2D eigenvalue weighted by Gasteiger charge is 2.14. The van der Waals surface area contributed by atoms with Crippen LogP contribution < -0.4 is 4.74 Å². The summed E-state index contributed by atoms with van der Waals surface area (Å²) in [7, 11) is 0. The van der Waals surface area contributed by atoms with Gasteiger partial charge in [-0.15, -0.1) is 6.42 Å². The minimum Gasteiger partial charge on any atom is -0.481 e. The van der Waals surface area contributed by atoms with Crippen molar-refractivity contribution in [3.63, 3.8) is 0 Å². The Kier molecular flexibility index (Phi) is 4.02. The standard InChI is InChI=1S/C17H11F2N3O/c1-2-9-23-12-5-3-11(4-6-12)14-10-21-17(22-14)16-15(19)13(18)7-8-20-16/h1,3-8,10H,9H2,(H,21,22). The zero-order valence-corrected chi connectivity index (χ0v) is 11.9. The van der Waals surface area contributed by atoms with Gasteiger partial charge in [0.15, 0.2) is 17.5 Å². The van der Waals surface area contributed by atoms with Crippen LogP contribution in [0.3, 0.4) is 0 Å². The van der Waals surface area contributed by atoms with Crippen LogP contribution in [-0.4, -0.2) is 21.6 Å². The van der Waals surface area contributed by atoms with Gasteiger partial charge in [-0.1, -0.05) is 5.92 Å². The molecule has 114 valence electrons. The number of nitrogens with one attached hydrogen (secondary N) is 1. The van der Waals surface area contributed by atoms with Gasteiger partial charge >= 0.3 is 0 Å². The van der Waals surface area contributed by atoms with Crippen molar-refractivity contribution in [2.75, 3.05) is 6.61 Å². The van der Waals surface area contributed by atoms with Crippen LogP contribution in [-0.2, 0) is 0 Å². The Morgan fingerprint density at radius 1 is 1.13 bits per heavy atom. The van der Waals surface area contributed by atoms with Crippen molar-refractivity contribution in [1.29, 1.82) is 0 Å². The van der Waals surface area contributed by atoms with Crippen LogP contribution in [0.25, 0.3) is 22.8 Å². The number of H-pyrrole nitrogens is 1. The Hall–Kier alpha value is -3.20. The van der Waals surface area contributed by atoms with Gasteiger partial charge in [0.1, 0.15) is 18.1 Å². The molecule has 0 saturated heterocycles. The molecule has 0 bridgehead atoms. The van der Waals surface area contributed by atoms with E-state index in [9.17, 15) is 8.78 Å². The maximum Gasteiger partial charge on any atom is 0.188 e. The van der Waals surface area contributed by atoms with Crippen molar-refractivity contribution in [2.24, 2.45) is 0 Å². The lowest BCUT2D eigenvalue weighted by Gasteiger charge is -2.03. The largest absolute Gasteiger partial charge is 0.481 e. The van der Waals surface area contributed by atoms with E-state index in [1.165, 1.54) is 12.4 Å². The number of nitrogens with zero attached hydrogens (tertiary/aromatic N) is 2. The molecule has 0 saturated carbocycles. The number of benzene rings is 1. The first-order valence-corrected chi connectivity index (χ1v) is 6.71. The van der Waals surface area contributed by atoms with Crippen molar-refractivity contribution < 1.29 is 13.5 Å². The van der Waals surface area contributed by atoms with Crippen molar-refractivity contribution >= 4 is 0 Å². The summed E-state index contributed by atoms with van der Waals surface area (Å²) in [5, 5.41) is 0. The Balaban J connectivity index is 1.87. The van der Waals surface area contributed by atoms with Crippen LogP contribution in [0.2, 0.25) is 0 Å². The molecule has 4 nitrogen and oxygen atoms in total. The number of ether oxygens (including phenoxy) is 1. The van der Waals surface area contributed by atoms with Crippen LogP contribution in [0.1, 0.15) is 0 Å². The average molecular weight is 311 g/mol. The molecule has 2 aromatic heterocycles. The minimum atomic E-state index is -1.04. The Labute approximate surface area is 131 Å². The number of hydrogen-bond donors (Lipinski definition) is 1. The lowest BCUT2D eigenvalue weighted by molar-refractivity contribution is 0.370. The number of terminal acetylenes is 1. The molecule has 6 heteroatoms. The number of pyridine rings is 1. The van der Waals surface area contributed by atoms with E-state index in [-0.39, 0.29) is 18.1 Å². The van der Waals surface area contributed by atoms with Crippen LogP contribution in [0, 0.1) is 24.0 Å². The molecule has 3 aromatic rings. The number of aromatic amines is 1.